The summed E-state index contributed by atoms with van der Waals surface area (Å²) in [6, 6.07) is -0.729. The Bertz CT molecular complexity index is 1110. The molecule has 0 aliphatic rings. The van der Waals surface area contributed by atoms with Crippen molar-refractivity contribution in [1.82, 2.24) is 0 Å². The second-order valence-electron chi connectivity index (χ2n) is 18.8. The first-order valence-corrected chi connectivity index (χ1v) is 26.0. The van der Waals surface area contributed by atoms with Crippen LogP contribution in [0.25, 0.3) is 0 Å². The fourth-order valence-electron chi connectivity index (χ4n) is 7.70. The topological polar surface area (TPSA) is 102 Å². The number of aliphatic carboxylic acids is 1. The third-order valence-corrected chi connectivity index (χ3v) is 11.8. The van der Waals surface area contributed by atoms with Crippen LogP contribution in [0.5, 0.6) is 0 Å². The van der Waals surface area contributed by atoms with Crippen molar-refractivity contribution in [3.63, 3.8) is 0 Å². The molecule has 0 rings (SSSR count). The van der Waals surface area contributed by atoms with E-state index in [1.807, 2.05) is 0 Å². The summed E-state index contributed by atoms with van der Waals surface area (Å²) >= 11 is 0. The zero-order chi connectivity index (χ0) is 45.6. The number of carboxylic acids is 1. The van der Waals surface area contributed by atoms with Crippen molar-refractivity contribution in [3.8, 4) is 0 Å². The number of unbranched alkanes of at least 4 members (excludes halogenated alkanes) is 28. The molecule has 0 N–H and O–H groups in total. The lowest BCUT2D eigenvalue weighted by molar-refractivity contribution is -0.889. The smallest absolute Gasteiger partial charge is 0.306 e. The molecule has 0 aliphatic heterocycles. The van der Waals surface area contributed by atoms with E-state index in [9.17, 15) is 19.5 Å². The average Bonchev–Trinajstić information content (AvgIpc) is 3.23. The highest BCUT2D eigenvalue weighted by Gasteiger charge is 2.25. The summed E-state index contributed by atoms with van der Waals surface area (Å²) < 4.78 is 17.2. The number of allylic oxidation sites excluding steroid dienone is 6. The molecule has 0 aromatic carbocycles. The first-order valence-electron chi connectivity index (χ1n) is 26.0. The first kappa shape index (κ1) is 59.5. The van der Waals surface area contributed by atoms with Gasteiger partial charge in [0.1, 0.15) is 12.6 Å². The number of nitrogens with zero attached hydrogens (tertiary/aromatic N) is 1. The number of likely N-dealkylation sites (N-methyl/N-ethyl adjacent to an activating group) is 1. The van der Waals surface area contributed by atoms with Crippen molar-refractivity contribution in [2.45, 2.75) is 251 Å². The molecule has 0 aromatic rings. The van der Waals surface area contributed by atoms with E-state index < -0.39 is 18.1 Å². The molecule has 0 amide bonds. The van der Waals surface area contributed by atoms with Crippen LogP contribution in [0.2, 0.25) is 0 Å². The predicted molar refractivity (Wildman–Crippen MR) is 259 cm³/mol. The fraction of sp³-hybridized carbons (Fsp3) is 0.833. The van der Waals surface area contributed by atoms with Crippen LogP contribution in [-0.2, 0) is 28.6 Å². The van der Waals surface area contributed by atoms with E-state index >= 15 is 0 Å². The van der Waals surface area contributed by atoms with E-state index in [-0.39, 0.29) is 42.7 Å². The van der Waals surface area contributed by atoms with Gasteiger partial charge in [0.05, 0.1) is 40.3 Å². The van der Waals surface area contributed by atoms with E-state index in [4.69, 9.17) is 14.2 Å². The Morgan fingerprint density at radius 3 is 1.26 bits per heavy atom. The lowest BCUT2D eigenvalue weighted by Gasteiger charge is -2.34. The maximum absolute atomic E-state index is 12.8. The van der Waals surface area contributed by atoms with Crippen molar-refractivity contribution in [2.75, 3.05) is 41.0 Å². The standard InChI is InChI=1S/C54H99NO7/c1-6-8-10-12-14-16-18-20-22-24-26-27-29-30-32-34-36-38-40-42-44-52(56)61-49-50(48-60-47-46-51(54(58)59)55(3,4)5)62-53(57)45-43-41-39-37-35-33-31-28-25-23-21-19-17-15-13-11-9-7-2/h23,25-28,31,50-51H,6-22,24,29-30,32-49H2,1-5H3/b25-23+,27-26+,31-28+. The molecule has 362 valence electrons. The minimum absolute atomic E-state index is 0.0346. The zero-order valence-electron chi connectivity index (χ0n) is 41.3. The highest BCUT2D eigenvalue weighted by molar-refractivity contribution is 5.70. The molecular formula is C54H99NO7. The molecule has 8 nitrogen and oxygen atoms in total. The van der Waals surface area contributed by atoms with Crippen molar-refractivity contribution in [3.05, 3.63) is 36.5 Å². The Kier molecular flexibility index (Phi) is 43.3. The number of carboxylic acid groups (broad SMARTS) is 1. The molecule has 0 aromatic heterocycles. The van der Waals surface area contributed by atoms with Gasteiger partial charge >= 0.3 is 11.9 Å². The fourth-order valence-corrected chi connectivity index (χ4v) is 7.70. The largest absolute Gasteiger partial charge is 0.544 e. The lowest BCUT2D eigenvalue weighted by atomic mass is 10.1. The van der Waals surface area contributed by atoms with Crippen LogP contribution >= 0.6 is 0 Å². The second-order valence-corrected chi connectivity index (χ2v) is 18.8. The number of ether oxygens (including phenoxy) is 3. The number of carbonyl (C=O) groups is 3. The number of hydrogen-bond acceptors (Lipinski definition) is 7. The normalized spacial score (nSPS) is 13.1. The Balaban J connectivity index is 4.26. The molecule has 0 bridgehead atoms. The van der Waals surface area contributed by atoms with Crippen LogP contribution in [-0.4, -0.2) is 75.5 Å². The van der Waals surface area contributed by atoms with E-state index in [0.717, 1.165) is 57.8 Å². The Hall–Kier alpha value is -2.45. The Morgan fingerprint density at radius 2 is 0.855 bits per heavy atom. The molecule has 0 saturated carbocycles. The number of carbonyl (C=O) groups excluding carboxylic acids is 3. The second kappa shape index (κ2) is 45.1. The summed E-state index contributed by atoms with van der Waals surface area (Å²) in [5.41, 5.74) is 0. The monoisotopic (exact) mass is 874 g/mol. The maximum atomic E-state index is 12.8. The number of quaternary nitrogens is 1. The first-order chi connectivity index (χ1) is 30.1. The molecule has 0 aliphatic carbocycles. The van der Waals surface area contributed by atoms with Crippen LogP contribution in [0.1, 0.15) is 239 Å². The van der Waals surface area contributed by atoms with Gasteiger partial charge in [-0.25, -0.2) is 0 Å². The van der Waals surface area contributed by atoms with Crippen molar-refractivity contribution >= 4 is 17.9 Å². The van der Waals surface area contributed by atoms with Gasteiger partial charge in [-0.3, -0.25) is 9.59 Å². The third kappa shape index (κ3) is 42.8. The Labute approximate surface area is 383 Å². The molecule has 0 radical (unpaired) electrons. The summed E-state index contributed by atoms with van der Waals surface area (Å²) in [7, 11) is 5.41. The third-order valence-electron chi connectivity index (χ3n) is 11.8. The van der Waals surface area contributed by atoms with Crippen molar-refractivity contribution in [1.29, 1.82) is 0 Å². The summed E-state index contributed by atoms with van der Waals surface area (Å²) in [5.74, 6) is -1.75. The van der Waals surface area contributed by atoms with Crippen LogP contribution in [0.3, 0.4) is 0 Å². The molecule has 0 saturated heterocycles. The van der Waals surface area contributed by atoms with Gasteiger partial charge in [0.15, 0.2) is 6.10 Å². The van der Waals surface area contributed by atoms with Gasteiger partial charge in [0.2, 0.25) is 0 Å². The quantitative estimate of drug-likeness (QED) is 0.0197. The van der Waals surface area contributed by atoms with Gasteiger partial charge in [-0.15, -0.1) is 0 Å². The summed E-state index contributed by atoms with van der Waals surface area (Å²) in [4.78, 5) is 37.0. The number of esters is 2. The zero-order valence-corrected chi connectivity index (χ0v) is 41.3. The van der Waals surface area contributed by atoms with Gasteiger partial charge in [0, 0.05) is 19.3 Å². The van der Waals surface area contributed by atoms with E-state index in [1.54, 1.807) is 21.1 Å². The number of hydrogen-bond donors (Lipinski definition) is 0. The van der Waals surface area contributed by atoms with Crippen LogP contribution in [0, 0.1) is 0 Å². The maximum Gasteiger partial charge on any atom is 0.306 e. The predicted octanol–water partition coefficient (Wildman–Crippen LogP) is 13.6. The molecule has 0 fully saturated rings. The molecular weight excluding hydrogens is 775 g/mol. The molecule has 0 spiro atoms. The summed E-state index contributed by atoms with van der Waals surface area (Å²) in [5, 5.41) is 11.7. The van der Waals surface area contributed by atoms with Crippen LogP contribution in [0.15, 0.2) is 36.5 Å². The molecule has 0 heterocycles. The summed E-state index contributed by atoms with van der Waals surface area (Å²) in [6.45, 7) is 4.66. The van der Waals surface area contributed by atoms with Gasteiger partial charge < -0.3 is 28.6 Å². The van der Waals surface area contributed by atoms with E-state index in [0.29, 0.717) is 12.8 Å². The molecule has 62 heavy (non-hydrogen) atoms. The minimum Gasteiger partial charge on any atom is -0.544 e. The van der Waals surface area contributed by atoms with Gasteiger partial charge in [-0.05, 0) is 64.2 Å². The minimum atomic E-state index is -1.13. The Morgan fingerprint density at radius 1 is 0.484 bits per heavy atom. The van der Waals surface area contributed by atoms with E-state index in [1.165, 1.54) is 148 Å². The SMILES string of the molecule is CCCCCCCCC/C=C/C=C/CCCCCCCC(=O)OC(COCCC(C(=O)[O-])[N+](C)(C)C)COC(=O)CCCCCCCCC/C=C/CCCCCCCCCCC. The molecule has 2 atom stereocenters. The van der Waals surface area contributed by atoms with Gasteiger partial charge in [-0.1, -0.05) is 192 Å². The van der Waals surface area contributed by atoms with Crippen molar-refractivity contribution < 1.29 is 38.2 Å². The van der Waals surface area contributed by atoms with Crippen molar-refractivity contribution in [2.24, 2.45) is 0 Å². The van der Waals surface area contributed by atoms with Gasteiger partial charge in [0.25, 0.3) is 0 Å². The van der Waals surface area contributed by atoms with E-state index in [2.05, 4.69) is 50.3 Å². The number of rotatable bonds is 47. The molecule has 8 heteroatoms. The molecule has 2 unspecified atom stereocenters. The average molecular weight is 874 g/mol. The van der Waals surface area contributed by atoms with Crippen LogP contribution < -0.4 is 5.11 Å². The van der Waals surface area contributed by atoms with Gasteiger partial charge in [-0.2, -0.15) is 0 Å². The lowest BCUT2D eigenvalue weighted by Crippen LogP contribution is -2.55. The highest BCUT2D eigenvalue weighted by atomic mass is 16.6. The highest BCUT2D eigenvalue weighted by Crippen LogP contribution is 2.15. The summed E-state index contributed by atoms with van der Waals surface area (Å²) in [6.07, 6.45) is 53.2. The van der Waals surface area contributed by atoms with Crippen LogP contribution in [0.4, 0.5) is 0 Å².